The molecule has 150 valence electrons. The van der Waals surface area contributed by atoms with E-state index in [0.29, 0.717) is 11.6 Å². The lowest BCUT2D eigenvalue weighted by molar-refractivity contribution is -0.111. The molecule has 0 spiro atoms. The van der Waals surface area contributed by atoms with Crippen LogP contribution in [-0.2, 0) is 4.79 Å². The zero-order valence-corrected chi connectivity index (χ0v) is 16.7. The van der Waals surface area contributed by atoms with E-state index in [4.69, 9.17) is 4.42 Å². The topological polar surface area (TPSA) is 85.8 Å². The van der Waals surface area contributed by atoms with Gasteiger partial charge in [-0.3, -0.25) is 4.79 Å². The van der Waals surface area contributed by atoms with Gasteiger partial charge >= 0.3 is 0 Å². The summed E-state index contributed by atoms with van der Waals surface area (Å²) >= 11 is 0. The number of hydrogen-bond donors (Lipinski definition) is 1. The van der Waals surface area contributed by atoms with E-state index in [1.807, 2.05) is 54.6 Å². The Kier molecular flexibility index (Phi) is 5.52. The average Bonchev–Trinajstić information content (AvgIpc) is 3.45. The van der Waals surface area contributed by atoms with Crippen LogP contribution in [0.2, 0.25) is 0 Å². The van der Waals surface area contributed by atoms with Gasteiger partial charge in [-0.05, 0) is 40.1 Å². The fourth-order valence-corrected chi connectivity index (χ4v) is 3.15. The summed E-state index contributed by atoms with van der Waals surface area (Å²) in [5.41, 5.74) is 2.83. The number of carbonyl (C=O) groups is 1. The molecule has 7 heteroatoms. The number of tetrazole rings is 1. The summed E-state index contributed by atoms with van der Waals surface area (Å²) in [4.78, 5) is 13.4. The molecule has 7 nitrogen and oxygen atoms in total. The summed E-state index contributed by atoms with van der Waals surface area (Å²) in [6.07, 6.45) is 3.17. The van der Waals surface area contributed by atoms with Crippen LogP contribution in [0, 0.1) is 0 Å². The largest absolute Gasteiger partial charge is 0.465 e. The number of para-hydroxylation sites is 1. The number of rotatable bonds is 6. The van der Waals surface area contributed by atoms with Crippen LogP contribution >= 0.6 is 0 Å². The Balaban J connectivity index is 1.76. The van der Waals surface area contributed by atoms with Crippen molar-refractivity contribution in [3.8, 4) is 11.4 Å². The lowest BCUT2D eigenvalue weighted by Gasteiger charge is -2.15. The summed E-state index contributed by atoms with van der Waals surface area (Å²) in [6, 6.07) is 20.7. The lowest BCUT2D eigenvalue weighted by Crippen LogP contribution is -2.20. The second-order valence-corrected chi connectivity index (χ2v) is 7.02. The van der Waals surface area contributed by atoms with E-state index in [2.05, 4.69) is 34.7 Å². The number of aromatic nitrogens is 4. The SMILES string of the molecule is CC(C)c1ccccc1NC(=O)/C(=C\c1ccco1)n1nnnc1-c1ccccc1. The highest BCUT2D eigenvalue weighted by molar-refractivity contribution is 6.24. The number of hydrogen-bond acceptors (Lipinski definition) is 5. The molecule has 0 atom stereocenters. The van der Waals surface area contributed by atoms with Crippen LogP contribution in [0.25, 0.3) is 23.2 Å². The van der Waals surface area contributed by atoms with Crippen LogP contribution in [0.15, 0.2) is 77.4 Å². The molecule has 0 radical (unpaired) electrons. The van der Waals surface area contributed by atoms with E-state index < -0.39 is 0 Å². The maximum Gasteiger partial charge on any atom is 0.274 e. The monoisotopic (exact) mass is 399 g/mol. The number of nitrogens with one attached hydrogen (secondary N) is 1. The van der Waals surface area contributed by atoms with Gasteiger partial charge in [-0.2, -0.15) is 4.68 Å². The van der Waals surface area contributed by atoms with Crippen LogP contribution in [0.4, 0.5) is 5.69 Å². The highest BCUT2D eigenvalue weighted by Crippen LogP contribution is 2.26. The number of furan rings is 1. The minimum atomic E-state index is -0.344. The summed E-state index contributed by atoms with van der Waals surface area (Å²) in [5, 5.41) is 15.0. The van der Waals surface area contributed by atoms with Crippen molar-refractivity contribution in [3.63, 3.8) is 0 Å². The second kappa shape index (κ2) is 8.57. The second-order valence-electron chi connectivity index (χ2n) is 7.02. The Morgan fingerprint density at radius 1 is 1.03 bits per heavy atom. The molecule has 30 heavy (non-hydrogen) atoms. The third-order valence-corrected chi connectivity index (χ3v) is 4.62. The highest BCUT2D eigenvalue weighted by Gasteiger charge is 2.21. The van der Waals surface area contributed by atoms with Crippen LogP contribution in [0.3, 0.4) is 0 Å². The third-order valence-electron chi connectivity index (χ3n) is 4.62. The minimum Gasteiger partial charge on any atom is -0.465 e. The summed E-state index contributed by atoms with van der Waals surface area (Å²) in [5.74, 6) is 0.892. The van der Waals surface area contributed by atoms with Gasteiger partial charge in [0.05, 0.1) is 6.26 Å². The molecule has 0 fully saturated rings. The van der Waals surface area contributed by atoms with Crippen molar-refractivity contribution in [3.05, 3.63) is 84.3 Å². The highest BCUT2D eigenvalue weighted by atomic mass is 16.3. The molecule has 0 saturated carbocycles. The Morgan fingerprint density at radius 3 is 2.53 bits per heavy atom. The normalized spacial score (nSPS) is 11.6. The number of anilines is 1. The Morgan fingerprint density at radius 2 is 1.80 bits per heavy atom. The molecule has 2 aromatic heterocycles. The molecule has 4 rings (SSSR count). The number of amides is 1. The van der Waals surface area contributed by atoms with Gasteiger partial charge in [0.15, 0.2) is 5.82 Å². The van der Waals surface area contributed by atoms with Crippen molar-refractivity contribution < 1.29 is 9.21 Å². The van der Waals surface area contributed by atoms with Gasteiger partial charge < -0.3 is 9.73 Å². The molecule has 0 aliphatic heterocycles. The molecule has 0 saturated heterocycles. The first kappa shape index (κ1) is 19.3. The lowest BCUT2D eigenvalue weighted by atomic mass is 10.0. The molecular formula is C23H21N5O2. The zero-order valence-electron chi connectivity index (χ0n) is 16.7. The van der Waals surface area contributed by atoms with Crippen LogP contribution in [0.5, 0.6) is 0 Å². The van der Waals surface area contributed by atoms with E-state index >= 15 is 0 Å². The third kappa shape index (κ3) is 4.05. The average molecular weight is 399 g/mol. The first-order valence-corrected chi connectivity index (χ1v) is 9.63. The summed E-state index contributed by atoms with van der Waals surface area (Å²) in [6.45, 7) is 4.17. The van der Waals surface area contributed by atoms with Gasteiger partial charge in [-0.15, -0.1) is 5.10 Å². The Hall–Kier alpha value is -4.00. The molecule has 0 bridgehead atoms. The number of benzene rings is 2. The molecule has 0 aliphatic carbocycles. The molecule has 2 aromatic carbocycles. The van der Waals surface area contributed by atoms with Crippen LogP contribution < -0.4 is 5.32 Å². The molecule has 2 heterocycles. The minimum absolute atomic E-state index is 0.243. The molecule has 4 aromatic rings. The van der Waals surface area contributed by atoms with Crippen molar-refractivity contribution in [2.45, 2.75) is 19.8 Å². The van der Waals surface area contributed by atoms with Crippen molar-refractivity contribution in [1.82, 2.24) is 20.2 Å². The number of nitrogens with zero attached hydrogens (tertiary/aromatic N) is 4. The smallest absolute Gasteiger partial charge is 0.274 e. The predicted molar refractivity (Wildman–Crippen MR) is 115 cm³/mol. The van der Waals surface area contributed by atoms with Crippen molar-refractivity contribution in [2.24, 2.45) is 0 Å². The Labute approximate surface area is 174 Å². The van der Waals surface area contributed by atoms with E-state index in [-0.39, 0.29) is 17.5 Å². The van der Waals surface area contributed by atoms with Crippen molar-refractivity contribution >= 4 is 23.4 Å². The van der Waals surface area contributed by atoms with Gasteiger partial charge in [0, 0.05) is 17.3 Å². The summed E-state index contributed by atoms with van der Waals surface area (Å²) < 4.78 is 6.85. The van der Waals surface area contributed by atoms with Crippen LogP contribution in [-0.4, -0.2) is 26.1 Å². The van der Waals surface area contributed by atoms with E-state index in [1.165, 1.54) is 4.68 Å². The van der Waals surface area contributed by atoms with Gasteiger partial charge in [0.1, 0.15) is 11.5 Å². The van der Waals surface area contributed by atoms with Gasteiger partial charge in [-0.1, -0.05) is 62.4 Å². The van der Waals surface area contributed by atoms with Gasteiger partial charge in [-0.25, -0.2) is 0 Å². The van der Waals surface area contributed by atoms with E-state index in [0.717, 1.165) is 16.8 Å². The maximum atomic E-state index is 13.4. The standard InChI is InChI=1S/C23H21N5O2/c1-16(2)19-12-6-7-13-20(19)24-23(29)21(15-18-11-8-14-30-18)28-22(25-26-27-28)17-9-4-3-5-10-17/h3-16H,1-2H3,(H,24,29)/b21-15+. The maximum absolute atomic E-state index is 13.4. The number of carbonyl (C=O) groups excluding carboxylic acids is 1. The molecular weight excluding hydrogens is 378 g/mol. The van der Waals surface area contributed by atoms with Crippen molar-refractivity contribution in [1.29, 1.82) is 0 Å². The van der Waals surface area contributed by atoms with Gasteiger partial charge in [0.25, 0.3) is 5.91 Å². The van der Waals surface area contributed by atoms with E-state index in [1.54, 1.807) is 24.5 Å². The quantitative estimate of drug-likeness (QED) is 0.475. The molecule has 1 N–H and O–H groups in total. The summed E-state index contributed by atoms with van der Waals surface area (Å²) in [7, 11) is 0. The first-order chi connectivity index (χ1) is 14.6. The Bertz CT molecular complexity index is 1160. The van der Waals surface area contributed by atoms with Crippen LogP contribution in [0.1, 0.15) is 31.1 Å². The molecule has 0 unspecified atom stereocenters. The van der Waals surface area contributed by atoms with Crippen molar-refractivity contribution in [2.75, 3.05) is 5.32 Å². The first-order valence-electron chi connectivity index (χ1n) is 9.63. The molecule has 1 amide bonds. The predicted octanol–water partition coefficient (Wildman–Crippen LogP) is 4.69. The fourth-order valence-electron chi connectivity index (χ4n) is 3.15. The van der Waals surface area contributed by atoms with E-state index in [9.17, 15) is 4.79 Å². The molecule has 0 aliphatic rings. The zero-order chi connectivity index (χ0) is 20.9. The fraction of sp³-hybridized carbons (Fsp3) is 0.130. The van der Waals surface area contributed by atoms with Gasteiger partial charge in [0.2, 0.25) is 0 Å².